The molecule has 3 rings (SSSR count). The second-order valence-corrected chi connectivity index (χ2v) is 7.10. The van der Waals surface area contributed by atoms with Crippen LogP contribution in [-0.2, 0) is 22.6 Å². The number of aryl methyl sites for hydroxylation is 1. The topological polar surface area (TPSA) is 92.9 Å². The number of carbonyl (C=O) groups is 2. The molecule has 1 fully saturated rings. The van der Waals surface area contributed by atoms with E-state index in [9.17, 15) is 14.7 Å². The summed E-state index contributed by atoms with van der Waals surface area (Å²) >= 11 is 0. The molecular weight excluding hydrogens is 356 g/mol. The molecule has 6 heteroatoms. The zero-order chi connectivity index (χ0) is 19.9. The minimum Gasteiger partial charge on any atom is -0.489 e. The van der Waals surface area contributed by atoms with Gasteiger partial charge in [0.2, 0.25) is 11.8 Å². The van der Waals surface area contributed by atoms with Crippen molar-refractivity contribution in [3.05, 3.63) is 65.7 Å². The lowest BCUT2D eigenvalue weighted by Gasteiger charge is -2.36. The van der Waals surface area contributed by atoms with E-state index >= 15 is 0 Å². The minimum atomic E-state index is -0.718. The van der Waals surface area contributed by atoms with Crippen molar-refractivity contribution in [1.29, 1.82) is 0 Å². The lowest BCUT2D eigenvalue weighted by atomic mass is 9.98. The van der Waals surface area contributed by atoms with Gasteiger partial charge in [-0.05, 0) is 36.1 Å². The average Bonchev–Trinajstić information content (AvgIpc) is 2.72. The lowest BCUT2D eigenvalue weighted by Crippen LogP contribution is -2.53. The van der Waals surface area contributed by atoms with E-state index in [2.05, 4.69) is 0 Å². The molecule has 28 heavy (non-hydrogen) atoms. The van der Waals surface area contributed by atoms with Crippen molar-refractivity contribution < 1.29 is 19.4 Å². The molecule has 148 valence electrons. The highest BCUT2D eigenvalue weighted by Gasteiger charge is 2.33. The molecule has 0 aromatic heterocycles. The van der Waals surface area contributed by atoms with E-state index in [0.717, 1.165) is 16.9 Å². The molecule has 1 aliphatic rings. The van der Waals surface area contributed by atoms with Crippen molar-refractivity contribution in [3.8, 4) is 5.75 Å². The number of nitrogens with zero attached hydrogens (tertiary/aromatic N) is 1. The molecule has 2 aromatic rings. The third-order valence-electron chi connectivity index (χ3n) is 5.02. The van der Waals surface area contributed by atoms with E-state index in [-0.39, 0.29) is 12.3 Å². The van der Waals surface area contributed by atoms with Crippen LogP contribution in [0.1, 0.15) is 30.4 Å². The Labute approximate surface area is 164 Å². The van der Waals surface area contributed by atoms with Gasteiger partial charge >= 0.3 is 0 Å². The summed E-state index contributed by atoms with van der Waals surface area (Å²) in [7, 11) is 0. The molecule has 2 amide bonds. The molecule has 2 unspecified atom stereocenters. The first kappa shape index (κ1) is 19.9. The van der Waals surface area contributed by atoms with Crippen molar-refractivity contribution in [2.45, 2.75) is 44.4 Å². The zero-order valence-corrected chi connectivity index (χ0v) is 15.8. The molecule has 0 spiro atoms. The molecule has 1 aliphatic heterocycles. The highest BCUT2D eigenvalue weighted by Crippen LogP contribution is 2.20. The Morgan fingerprint density at radius 1 is 1.07 bits per heavy atom. The molecule has 0 bridgehead atoms. The number of amides is 2. The summed E-state index contributed by atoms with van der Waals surface area (Å²) in [5.74, 6) is 0.102. The first-order chi connectivity index (χ1) is 13.5. The maximum absolute atomic E-state index is 12.5. The highest BCUT2D eigenvalue weighted by atomic mass is 16.5. The zero-order valence-electron chi connectivity index (χ0n) is 15.8. The standard InChI is InChI=1S/C22H26N2O4/c23-22(27)20-14-18(25)12-13-24(20)21(26)11-8-16-6-9-19(10-7-16)28-15-17-4-2-1-3-5-17/h1-7,9-10,18,20,25H,8,11-15H2,(H2,23,27). The Hall–Kier alpha value is -2.86. The van der Waals surface area contributed by atoms with Gasteiger partial charge in [0.05, 0.1) is 6.10 Å². The smallest absolute Gasteiger partial charge is 0.240 e. The van der Waals surface area contributed by atoms with Crippen LogP contribution in [0.15, 0.2) is 54.6 Å². The quantitative estimate of drug-likeness (QED) is 0.766. The van der Waals surface area contributed by atoms with Crippen LogP contribution in [0, 0.1) is 0 Å². The molecular formula is C22H26N2O4. The van der Waals surface area contributed by atoms with E-state index in [1.54, 1.807) is 0 Å². The van der Waals surface area contributed by atoms with Gasteiger partial charge in [-0.25, -0.2) is 0 Å². The van der Waals surface area contributed by atoms with Gasteiger partial charge in [0.25, 0.3) is 0 Å². The van der Waals surface area contributed by atoms with Crippen LogP contribution in [0.2, 0.25) is 0 Å². The number of benzene rings is 2. The van der Waals surface area contributed by atoms with Gasteiger partial charge in [-0.15, -0.1) is 0 Å². The largest absolute Gasteiger partial charge is 0.489 e. The fraction of sp³-hybridized carbons (Fsp3) is 0.364. The van der Waals surface area contributed by atoms with Crippen LogP contribution < -0.4 is 10.5 Å². The summed E-state index contributed by atoms with van der Waals surface area (Å²) in [4.78, 5) is 25.6. The summed E-state index contributed by atoms with van der Waals surface area (Å²) < 4.78 is 5.77. The fourth-order valence-corrected chi connectivity index (χ4v) is 3.40. The number of nitrogens with two attached hydrogens (primary N) is 1. The number of aliphatic hydroxyl groups is 1. The van der Waals surface area contributed by atoms with Crippen LogP contribution in [0.3, 0.4) is 0 Å². The Kier molecular flexibility index (Phi) is 6.66. The number of aliphatic hydroxyl groups excluding tert-OH is 1. The number of carbonyl (C=O) groups excluding carboxylic acids is 2. The predicted molar refractivity (Wildman–Crippen MR) is 105 cm³/mol. The maximum Gasteiger partial charge on any atom is 0.240 e. The van der Waals surface area contributed by atoms with Crippen molar-refractivity contribution in [1.82, 2.24) is 4.90 Å². The van der Waals surface area contributed by atoms with Gasteiger partial charge in [0, 0.05) is 19.4 Å². The third kappa shape index (κ3) is 5.33. The van der Waals surface area contributed by atoms with Gasteiger partial charge < -0.3 is 20.5 Å². The Bertz CT molecular complexity index is 792. The third-order valence-corrected chi connectivity index (χ3v) is 5.02. The van der Waals surface area contributed by atoms with Crippen LogP contribution in [0.4, 0.5) is 0 Å². The average molecular weight is 382 g/mol. The monoisotopic (exact) mass is 382 g/mol. The number of piperidine rings is 1. The number of primary amides is 1. The minimum absolute atomic E-state index is 0.111. The summed E-state index contributed by atoms with van der Waals surface area (Å²) in [5.41, 5.74) is 7.52. The molecule has 6 nitrogen and oxygen atoms in total. The maximum atomic E-state index is 12.5. The first-order valence-electron chi connectivity index (χ1n) is 9.55. The number of hydrogen-bond acceptors (Lipinski definition) is 4. The summed E-state index contributed by atoms with van der Waals surface area (Å²) in [5, 5.41) is 9.72. The molecule has 1 heterocycles. The fourth-order valence-electron chi connectivity index (χ4n) is 3.40. The van der Waals surface area contributed by atoms with Gasteiger partial charge in [-0.1, -0.05) is 42.5 Å². The van der Waals surface area contributed by atoms with Crippen LogP contribution >= 0.6 is 0 Å². The van der Waals surface area contributed by atoms with Crippen molar-refractivity contribution >= 4 is 11.8 Å². The molecule has 3 N–H and O–H groups in total. The van der Waals surface area contributed by atoms with Crippen LogP contribution in [-0.4, -0.2) is 40.5 Å². The van der Waals surface area contributed by atoms with Crippen molar-refractivity contribution in [3.63, 3.8) is 0 Å². The van der Waals surface area contributed by atoms with Crippen molar-refractivity contribution in [2.24, 2.45) is 5.73 Å². The summed E-state index contributed by atoms with van der Waals surface area (Å²) in [6.45, 7) is 0.869. The van der Waals surface area contributed by atoms with Gasteiger partial charge in [-0.3, -0.25) is 9.59 Å². The molecule has 2 aromatic carbocycles. The SMILES string of the molecule is NC(=O)C1CC(O)CCN1C(=O)CCc1ccc(OCc2ccccc2)cc1. The van der Waals surface area contributed by atoms with E-state index in [1.807, 2.05) is 54.6 Å². The number of rotatable bonds is 7. The summed E-state index contributed by atoms with van der Waals surface area (Å²) in [6, 6.07) is 16.9. The van der Waals surface area contributed by atoms with E-state index in [0.29, 0.717) is 32.4 Å². The second kappa shape index (κ2) is 9.37. The molecule has 0 saturated carbocycles. The van der Waals surface area contributed by atoms with E-state index in [4.69, 9.17) is 10.5 Å². The van der Waals surface area contributed by atoms with Crippen LogP contribution in [0.5, 0.6) is 5.75 Å². The van der Waals surface area contributed by atoms with E-state index < -0.39 is 18.1 Å². The predicted octanol–water partition coefficient (Wildman–Crippen LogP) is 2.04. The second-order valence-electron chi connectivity index (χ2n) is 7.10. The Morgan fingerprint density at radius 2 is 1.79 bits per heavy atom. The molecule has 1 saturated heterocycles. The number of likely N-dealkylation sites (tertiary alicyclic amines) is 1. The highest BCUT2D eigenvalue weighted by molar-refractivity contribution is 5.87. The molecule has 2 atom stereocenters. The van der Waals surface area contributed by atoms with Gasteiger partial charge in [0.15, 0.2) is 0 Å². The first-order valence-corrected chi connectivity index (χ1v) is 9.55. The molecule has 0 aliphatic carbocycles. The Morgan fingerprint density at radius 3 is 2.46 bits per heavy atom. The van der Waals surface area contributed by atoms with Crippen molar-refractivity contribution in [2.75, 3.05) is 6.54 Å². The van der Waals surface area contributed by atoms with Gasteiger partial charge in [-0.2, -0.15) is 0 Å². The Balaban J connectivity index is 1.50. The molecule has 0 radical (unpaired) electrons. The number of ether oxygens (including phenoxy) is 1. The normalized spacial score (nSPS) is 19.2. The lowest BCUT2D eigenvalue weighted by molar-refractivity contribution is -0.143. The summed E-state index contributed by atoms with van der Waals surface area (Å²) in [6.07, 6.45) is 0.981. The van der Waals surface area contributed by atoms with E-state index in [1.165, 1.54) is 4.90 Å². The van der Waals surface area contributed by atoms with Gasteiger partial charge in [0.1, 0.15) is 18.4 Å². The van der Waals surface area contributed by atoms with Crippen LogP contribution in [0.25, 0.3) is 0 Å². The number of hydrogen-bond donors (Lipinski definition) is 2.